The molecule has 0 spiro atoms. The van der Waals surface area contributed by atoms with Crippen LogP contribution < -0.4 is 20.1 Å². The largest absolute Gasteiger partial charge is 0.493 e. The van der Waals surface area contributed by atoms with E-state index in [0.717, 1.165) is 41.4 Å². The van der Waals surface area contributed by atoms with Gasteiger partial charge in [-0.05, 0) is 42.9 Å². The van der Waals surface area contributed by atoms with E-state index in [1.807, 2.05) is 12.1 Å². The summed E-state index contributed by atoms with van der Waals surface area (Å²) in [5.74, 6) is 2.36. The van der Waals surface area contributed by atoms with E-state index in [0.29, 0.717) is 19.7 Å². The quantitative estimate of drug-likeness (QED) is 0.482. The van der Waals surface area contributed by atoms with Crippen molar-refractivity contribution in [3.05, 3.63) is 59.2 Å². The zero-order valence-corrected chi connectivity index (χ0v) is 18.2. The van der Waals surface area contributed by atoms with Crippen molar-refractivity contribution in [3.8, 4) is 11.5 Å². The molecule has 1 fully saturated rings. The van der Waals surface area contributed by atoms with Gasteiger partial charge in [0.1, 0.15) is 0 Å². The molecule has 1 saturated carbocycles. The molecule has 0 aromatic heterocycles. The van der Waals surface area contributed by atoms with Crippen LogP contribution >= 0.6 is 0 Å². The SMILES string of the molecule is CN=C(NCc1ccc(COC)cc1)NCc1cccc(OC)c1OC1CCCC1. The van der Waals surface area contributed by atoms with Crippen LogP contribution in [0.4, 0.5) is 0 Å². The molecule has 0 saturated heterocycles. The van der Waals surface area contributed by atoms with Gasteiger partial charge in [0, 0.05) is 32.8 Å². The summed E-state index contributed by atoms with van der Waals surface area (Å²) in [6, 6.07) is 14.4. The summed E-state index contributed by atoms with van der Waals surface area (Å²) < 4.78 is 17.0. The molecule has 162 valence electrons. The van der Waals surface area contributed by atoms with Crippen LogP contribution in [-0.4, -0.2) is 33.3 Å². The van der Waals surface area contributed by atoms with E-state index in [1.54, 1.807) is 21.3 Å². The number of benzene rings is 2. The molecule has 30 heavy (non-hydrogen) atoms. The monoisotopic (exact) mass is 411 g/mol. The Hall–Kier alpha value is -2.73. The Morgan fingerprint density at radius 3 is 2.33 bits per heavy atom. The summed E-state index contributed by atoms with van der Waals surface area (Å²) in [5, 5.41) is 6.75. The predicted octanol–water partition coefficient (Wildman–Crippen LogP) is 4.03. The number of ether oxygens (including phenoxy) is 3. The molecule has 2 aromatic carbocycles. The lowest BCUT2D eigenvalue weighted by atomic mass is 10.1. The van der Waals surface area contributed by atoms with Crippen LogP contribution in [0.3, 0.4) is 0 Å². The summed E-state index contributed by atoms with van der Waals surface area (Å²) in [6.45, 7) is 1.92. The molecule has 0 atom stereocenters. The molecule has 0 amide bonds. The molecule has 1 aliphatic carbocycles. The number of nitrogens with one attached hydrogen (secondary N) is 2. The van der Waals surface area contributed by atoms with Gasteiger partial charge in [-0.2, -0.15) is 0 Å². The number of guanidine groups is 1. The van der Waals surface area contributed by atoms with Crippen LogP contribution in [-0.2, 0) is 24.4 Å². The molecule has 2 N–H and O–H groups in total. The number of rotatable bonds is 9. The van der Waals surface area contributed by atoms with Crippen molar-refractivity contribution in [2.24, 2.45) is 4.99 Å². The van der Waals surface area contributed by atoms with Gasteiger partial charge in [0.25, 0.3) is 0 Å². The van der Waals surface area contributed by atoms with Gasteiger partial charge in [0.05, 0.1) is 19.8 Å². The molecule has 0 aliphatic heterocycles. The van der Waals surface area contributed by atoms with E-state index in [2.05, 4.69) is 46.0 Å². The van der Waals surface area contributed by atoms with Crippen LogP contribution in [0.2, 0.25) is 0 Å². The fraction of sp³-hybridized carbons (Fsp3) is 0.458. The first-order valence-electron chi connectivity index (χ1n) is 10.6. The second-order valence-electron chi connectivity index (χ2n) is 7.50. The van der Waals surface area contributed by atoms with Crippen LogP contribution in [0.5, 0.6) is 11.5 Å². The van der Waals surface area contributed by atoms with Crippen molar-refractivity contribution >= 4 is 5.96 Å². The summed E-state index contributed by atoms with van der Waals surface area (Å²) in [6.07, 6.45) is 4.96. The summed E-state index contributed by atoms with van der Waals surface area (Å²) in [4.78, 5) is 4.34. The first-order valence-corrected chi connectivity index (χ1v) is 10.6. The van der Waals surface area contributed by atoms with Crippen LogP contribution in [0.15, 0.2) is 47.5 Å². The van der Waals surface area contributed by atoms with Crippen molar-refractivity contribution in [1.82, 2.24) is 10.6 Å². The van der Waals surface area contributed by atoms with Crippen molar-refractivity contribution in [1.29, 1.82) is 0 Å². The third-order valence-corrected chi connectivity index (χ3v) is 5.33. The van der Waals surface area contributed by atoms with Crippen LogP contribution in [0.1, 0.15) is 42.4 Å². The minimum atomic E-state index is 0.276. The highest BCUT2D eigenvalue weighted by molar-refractivity contribution is 5.79. The van der Waals surface area contributed by atoms with Gasteiger partial charge in [0.15, 0.2) is 17.5 Å². The Morgan fingerprint density at radius 1 is 0.967 bits per heavy atom. The van der Waals surface area contributed by atoms with Gasteiger partial charge in [-0.15, -0.1) is 0 Å². The number of methoxy groups -OCH3 is 2. The molecular weight excluding hydrogens is 378 g/mol. The third-order valence-electron chi connectivity index (χ3n) is 5.33. The van der Waals surface area contributed by atoms with Gasteiger partial charge in [0.2, 0.25) is 0 Å². The van der Waals surface area contributed by atoms with Gasteiger partial charge >= 0.3 is 0 Å². The maximum Gasteiger partial charge on any atom is 0.191 e. The highest BCUT2D eigenvalue weighted by Crippen LogP contribution is 2.34. The van der Waals surface area contributed by atoms with E-state index in [4.69, 9.17) is 14.2 Å². The first kappa shape index (κ1) is 22.0. The summed E-state index contributed by atoms with van der Waals surface area (Å²) >= 11 is 0. The minimum Gasteiger partial charge on any atom is -0.493 e. The smallest absolute Gasteiger partial charge is 0.191 e. The maximum atomic E-state index is 6.32. The Kier molecular flexibility index (Phi) is 8.39. The topological polar surface area (TPSA) is 64.1 Å². The average Bonchev–Trinajstić information content (AvgIpc) is 3.29. The summed E-state index contributed by atoms with van der Waals surface area (Å²) in [5.41, 5.74) is 3.41. The van der Waals surface area contributed by atoms with E-state index < -0.39 is 0 Å². The molecule has 0 unspecified atom stereocenters. The lowest BCUT2D eigenvalue weighted by Crippen LogP contribution is -2.36. The van der Waals surface area contributed by atoms with Gasteiger partial charge < -0.3 is 24.8 Å². The normalized spacial score (nSPS) is 14.6. The molecular formula is C24H33N3O3. The Morgan fingerprint density at radius 2 is 1.67 bits per heavy atom. The van der Waals surface area contributed by atoms with Crippen LogP contribution in [0, 0.1) is 0 Å². The average molecular weight is 412 g/mol. The van der Waals surface area contributed by atoms with Crippen LogP contribution in [0.25, 0.3) is 0 Å². The molecule has 6 nitrogen and oxygen atoms in total. The minimum absolute atomic E-state index is 0.276. The van der Waals surface area contributed by atoms with Crippen molar-refractivity contribution in [3.63, 3.8) is 0 Å². The second kappa shape index (κ2) is 11.5. The molecule has 0 radical (unpaired) electrons. The van der Waals surface area contributed by atoms with Gasteiger partial charge in [-0.1, -0.05) is 36.4 Å². The Bertz CT molecular complexity index is 815. The van der Waals surface area contributed by atoms with E-state index >= 15 is 0 Å². The highest BCUT2D eigenvalue weighted by Gasteiger charge is 2.20. The zero-order chi connectivity index (χ0) is 21.2. The number of hydrogen-bond donors (Lipinski definition) is 2. The molecule has 1 aliphatic rings. The van der Waals surface area contributed by atoms with Crippen molar-refractivity contribution in [2.75, 3.05) is 21.3 Å². The first-order chi connectivity index (χ1) is 14.7. The molecule has 3 rings (SSSR count). The maximum absolute atomic E-state index is 6.32. The number of hydrogen-bond acceptors (Lipinski definition) is 4. The fourth-order valence-electron chi connectivity index (χ4n) is 3.67. The molecule has 6 heteroatoms. The standard InChI is InChI=1S/C24H33N3O3/c1-25-24(26-15-18-11-13-19(14-12-18)17-28-2)27-16-20-7-6-10-22(29-3)23(20)30-21-8-4-5-9-21/h6-7,10-14,21H,4-5,8-9,15-17H2,1-3H3,(H2,25,26,27). The van der Waals surface area contributed by atoms with E-state index in [-0.39, 0.29) is 6.10 Å². The zero-order valence-electron chi connectivity index (χ0n) is 18.2. The second-order valence-corrected chi connectivity index (χ2v) is 7.50. The third kappa shape index (κ3) is 6.13. The van der Waals surface area contributed by atoms with Crippen molar-refractivity contribution in [2.45, 2.75) is 51.5 Å². The fourth-order valence-corrected chi connectivity index (χ4v) is 3.67. The molecule has 0 heterocycles. The summed E-state index contributed by atoms with van der Waals surface area (Å²) in [7, 11) is 5.17. The lowest BCUT2D eigenvalue weighted by molar-refractivity contribution is 0.185. The van der Waals surface area contributed by atoms with E-state index in [9.17, 15) is 0 Å². The van der Waals surface area contributed by atoms with E-state index in [1.165, 1.54) is 18.4 Å². The number of aliphatic imine (C=N–C) groups is 1. The van der Waals surface area contributed by atoms with Gasteiger partial charge in [-0.25, -0.2) is 0 Å². The Labute approximate surface area is 179 Å². The molecule has 2 aromatic rings. The molecule has 0 bridgehead atoms. The predicted molar refractivity (Wildman–Crippen MR) is 120 cm³/mol. The lowest BCUT2D eigenvalue weighted by Gasteiger charge is -2.20. The highest BCUT2D eigenvalue weighted by atomic mass is 16.5. The van der Waals surface area contributed by atoms with Crippen molar-refractivity contribution < 1.29 is 14.2 Å². The number of para-hydroxylation sites is 1. The Balaban J connectivity index is 1.58. The van der Waals surface area contributed by atoms with Gasteiger partial charge in [-0.3, -0.25) is 4.99 Å². The number of nitrogens with zero attached hydrogens (tertiary/aromatic N) is 1.